The van der Waals surface area contributed by atoms with Crippen molar-refractivity contribution in [1.29, 1.82) is 0 Å². The second kappa shape index (κ2) is 9.49. The second-order valence-corrected chi connectivity index (χ2v) is 5.15. The number of nitrogens with one attached hydrogen (secondary N) is 1. The molecule has 0 atom stereocenters. The van der Waals surface area contributed by atoms with E-state index in [4.69, 9.17) is 5.73 Å². The molecule has 1 aromatic carbocycles. The molecule has 0 saturated carbocycles. The molecule has 102 valence electrons. The SMILES string of the molecule is CSCCN=C(N)Nc1cccc(C(C)C)c1.I. The van der Waals surface area contributed by atoms with Crippen molar-refractivity contribution >= 4 is 47.4 Å². The Hall–Kier alpha value is -0.430. The van der Waals surface area contributed by atoms with E-state index in [1.54, 1.807) is 11.8 Å². The van der Waals surface area contributed by atoms with E-state index in [1.165, 1.54) is 5.56 Å². The Morgan fingerprint density at radius 2 is 2.17 bits per heavy atom. The minimum atomic E-state index is 0. The van der Waals surface area contributed by atoms with Gasteiger partial charge in [0.1, 0.15) is 0 Å². The quantitative estimate of drug-likeness (QED) is 0.356. The van der Waals surface area contributed by atoms with E-state index in [0.29, 0.717) is 11.9 Å². The zero-order valence-electron chi connectivity index (χ0n) is 11.1. The van der Waals surface area contributed by atoms with Crippen LogP contribution in [-0.2, 0) is 0 Å². The molecule has 0 fully saturated rings. The minimum absolute atomic E-state index is 0. The Labute approximate surface area is 131 Å². The smallest absolute Gasteiger partial charge is 0.193 e. The highest BCUT2D eigenvalue weighted by atomic mass is 127. The van der Waals surface area contributed by atoms with E-state index in [9.17, 15) is 0 Å². The predicted molar refractivity (Wildman–Crippen MR) is 94.4 cm³/mol. The third-order valence-electron chi connectivity index (χ3n) is 2.40. The number of thioether (sulfide) groups is 1. The first-order chi connectivity index (χ1) is 8.13. The number of hydrogen-bond acceptors (Lipinski definition) is 2. The summed E-state index contributed by atoms with van der Waals surface area (Å²) in [4.78, 5) is 4.25. The minimum Gasteiger partial charge on any atom is -0.370 e. The lowest BCUT2D eigenvalue weighted by Gasteiger charge is -2.09. The van der Waals surface area contributed by atoms with E-state index >= 15 is 0 Å². The lowest BCUT2D eigenvalue weighted by atomic mass is 10.0. The summed E-state index contributed by atoms with van der Waals surface area (Å²) in [6, 6.07) is 8.27. The third-order valence-corrected chi connectivity index (χ3v) is 2.99. The highest BCUT2D eigenvalue weighted by Gasteiger charge is 2.00. The van der Waals surface area contributed by atoms with Gasteiger partial charge >= 0.3 is 0 Å². The Balaban J connectivity index is 0.00000289. The number of guanidine groups is 1. The van der Waals surface area contributed by atoms with E-state index in [1.807, 2.05) is 12.1 Å². The van der Waals surface area contributed by atoms with Gasteiger partial charge in [-0.05, 0) is 29.9 Å². The maximum atomic E-state index is 5.80. The Kier molecular flexibility index (Phi) is 9.27. The zero-order chi connectivity index (χ0) is 12.7. The number of nitrogens with zero attached hydrogens (tertiary/aromatic N) is 1. The Bertz CT molecular complexity index is 380. The highest BCUT2D eigenvalue weighted by molar-refractivity contribution is 14.0. The van der Waals surface area contributed by atoms with Crippen molar-refractivity contribution in [1.82, 2.24) is 0 Å². The van der Waals surface area contributed by atoms with Gasteiger partial charge in [-0.2, -0.15) is 11.8 Å². The first-order valence-corrected chi connectivity index (χ1v) is 7.18. The highest BCUT2D eigenvalue weighted by Crippen LogP contribution is 2.18. The van der Waals surface area contributed by atoms with Crippen LogP contribution in [0.15, 0.2) is 29.3 Å². The van der Waals surface area contributed by atoms with Crippen LogP contribution in [0.5, 0.6) is 0 Å². The van der Waals surface area contributed by atoms with Crippen molar-refractivity contribution in [3.63, 3.8) is 0 Å². The van der Waals surface area contributed by atoms with Crippen LogP contribution in [0, 0.1) is 0 Å². The maximum Gasteiger partial charge on any atom is 0.193 e. The van der Waals surface area contributed by atoms with Crippen molar-refractivity contribution in [2.45, 2.75) is 19.8 Å². The molecule has 3 nitrogen and oxygen atoms in total. The van der Waals surface area contributed by atoms with Crippen LogP contribution >= 0.6 is 35.7 Å². The Morgan fingerprint density at radius 1 is 1.44 bits per heavy atom. The molecule has 0 spiro atoms. The molecule has 0 heterocycles. The van der Waals surface area contributed by atoms with E-state index in [0.717, 1.165) is 18.0 Å². The lowest BCUT2D eigenvalue weighted by molar-refractivity contribution is 0.867. The fourth-order valence-corrected chi connectivity index (χ4v) is 1.69. The predicted octanol–water partition coefficient (Wildman–Crippen LogP) is 3.52. The topological polar surface area (TPSA) is 50.4 Å². The van der Waals surface area contributed by atoms with Crippen LogP contribution in [0.4, 0.5) is 5.69 Å². The van der Waals surface area contributed by atoms with Gasteiger partial charge in [0.25, 0.3) is 0 Å². The summed E-state index contributed by atoms with van der Waals surface area (Å²) < 4.78 is 0. The standard InChI is InChI=1S/C13H21N3S.HI/c1-10(2)11-5-4-6-12(9-11)16-13(14)15-7-8-17-3;/h4-6,9-10H,7-8H2,1-3H3,(H3,14,15,16);1H. The molecule has 18 heavy (non-hydrogen) atoms. The summed E-state index contributed by atoms with van der Waals surface area (Å²) in [5.74, 6) is 2.00. The molecular formula is C13H22IN3S. The molecule has 1 aromatic rings. The largest absolute Gasteiger partial charge is 0.370 e. The van der Waals surface area contributed by atoms with Gasteiger partial charge in [-0.3, -0.25) is 4.99 Å². The van der Waals surface area contributed by atoms with Gasteiger partial charge in [0, 0.05) is 11.4 Å². The summed E-state index contributed by atoms with van der Waals surface area (Å²) in [6.45, 7) is 5.11. The maximum absolute atomic E-state index is 5.80. The zero-order valence-corrected chi connectivity index (χ0v) is 14.3. The first kappa shape index (κ1) is 17.6. The summed E-state index contributed by atoms with van der Waals surface area (Å²) in [5, 5.41) is 3.11. The summed E-state index contributed by atoms with van der Waals surface area (Å²) in [6.07, 6.45) is 2.06. The first-order valence-electron chi connectivity index (χ1n) is 5.79. The molecule has 0 aromatic heterocycles. The normalized spacial score (nSPS) is 11.2. The van der Waals surface area contributed by atoms with E-state index in [-0.39, 0.29) is 24.0 Å². The van der Waals surface area contributed by atoms with Crippen molar-refractivity contribution in [2.24, 2.45) is 10.7 Å². The molecule has 1 rings (SSSR count). The molecule has 0 aliphatic heterocycles. The Morgan fingerprint density at radius 3 is 2.78 bits per heavy atom. The van der Waals surface area contributed by atoms with Crippen LogP contribution in [0.2, 0.25) is 0 Å². The van der Waals surface area contributed by atoms with Gasteiger partial charge in [0.2, 0.25) is 0 Å². The van der Waals surface area contributed by atoms with Gasteiger partial charge in [-0.15, -0.1) is 24.0 Å². The third kappa shape index (κ3) is 6.49. The number of benzene rings is 1. The molecular weight excluding hydrogens is 357 g/mol. The van der Waals surface area contributed by atoms with Crippen LogP contribution in [0.25, 0.3) is 0 Å². The molecule has 0 aliphatic carbocycles. The fraction of sp³-hybridized carbons (Fsp3) is 0.462. The van der Waals surface area contributed by atoms with Gasteiger partial charge in [0.05, 0.1) is 6.54 Å². The number of hydrogen-bond donors (Lipinski definition) is 2. The molecule has 0 bridgehead atoms. The molecule has 5 heteroatoms. The number of anilines is 1. The van der Waals surface area contributed by atoms with Crippen LogP contribution in [0.1, 0.15) is 25.3 Å². The molecule has 0 aliphatic rings. The summed E-state index contributed by atoms with van der Waals surface area (Å²) in [7, 11) is 0. The fourth-order valence-electron chi connectivity index (χ4n) is 1.42. The van der Waals surface area contributed by atoms with Gasteiger partial charge in [-0.1, -0.05) is 26.0 Å². The summed E-state index contributed by atoms with van der Waals surface area (Å²) in [5.41, 5.74) is 8.10. The van der Waals surface area contributed by atoms with Crippen molar-refractivity contribution in [3.05, 3.63) is 29.8 Å². The molecule has 0 saturated heterocycles. The average molecular weight is 379 g/mol. The number of nitrogens with two attached hydrogens (primary N) is 1. The summed E-state index contributed by atoms with van der Waals surface area (Å²) >= 11 is 1.77. The average Bonchev–Trinajstić information content (AvgIpc) is 2.29. The van der Waals surface area contributed by atoms with Crippen molar-refractivity contribution in [2.75, 3.05) is 23.9 Å². The molecule has 0 radical (unpaired) electrons. The number of halogens is 1. The number of aliphatic imine (C=N–C) groups is 1. The monoisotopic (exact) mass is 379 g/mol. The molecule has 3 N–H and O–H groups in total. The van der Waals surface area contributed by atoms with Gasteiger partial charge in [0.15, 0.2) is 5.96 Å². The number of rotatable bonds is 5. The van der Waals surface area contributed by atoms with Crippen LogP contribution < -0.4 is 11.1 Å². The van der Waals surface area contributed by atoms with Crippen molar-refractivity contribution < 1.29 is 0 Å². The van der Waals surface area contributed by atoms with Crippen LogP contribution in [0.3, 0.4) is 0 Å². The van der Waals surface area contributed by atoms with Crippen molar-refractivity contribution in [3.8, 4) is 0 Å². The second-order valence-electron chi connectivity index (χ2n) is 4.16. The van der Waals surface area contributed by atoms with E-state index < -0.39 is 0 Å². The van der Waals surface area contributed by atoms with Crippen LogP contribution in [-0.4, -0.2) is 24.5 Å². The lowest BCUT2D eigenvalue weighted by Crippen LogP contribution is -2.23. The van der Waals surface area contributed by atoms with Gasteiger partial charge < -0.3 is 11.1 Å². The molecule has 0 unspecified atom stereocenters. The van der Waals surface area contributed by atoms with Gasteiger partial charge in [-0.25, -0.2) is 0 Å². The molecule has 0 amide bonds. The van der Waals surface area contributed by atoms with E-state index in [2.05, 4.69) is 42.5 Å².